The van der Waals surface area contributed by atoms with Crippen molar-refractivity contribution in [2.75, 3.05) is 17.6 Å². The highest BCUT2D eigenvalue weighted by Crippen LogP contribution is 2.14. The van der Waals surface area contributed by atoms with Crippen LogP contribution in [0.3, 0.4) is 0 Å². The first-order chi connectivity index (χ1) is 5.91. The molecule has 0 amide bonds. The highest BCUT2D eigenvalue weighted by Gasteiger charge is 2.12. The minimum absolute atomic E-state index is 0.146. The molecule has 0 atom stereocenters. The van der Waals surface area contributed by atoms with Gasteiger partial charge in [0.15, 0.2) is 0 Å². The second-order valence-electron chi connectivity index (χ2n) is 2.47. The maximum absolute atomic E-state index is 11.1. The average molecular weight is 220 g/mol. The number of aromatic nitrogens is 1. The summed E-state index contributed by atoms with van der Waals surface area (Å²) in [4.78, 5) is 3.80. The lowest BCUT2D eigenvalue weighted by Crippen LogP contribution is -2.25. The van der Waals surface area contributed by atoms with Crippen LogP contribution < -0.4 is 4.31 Å². The molecule has 1 aromatic heterocycles. The van der Waals surface area contributed by atoms with Gasteiger partial charge in [0.1, 0.15) is 11.0 Å². The highest BCUT2D eigenvalue weighted by molar-refractivity contribution is 7.92. The Morgan fingerprint density at radius 2 is 2.23 bits per heavy atom. The van der Waals surface area contributed by atoms with Crippen molar-refractivity contribution >= 4 is 27.4 Å². The van der Waals surface area contributed by atoms with Gasteiger partial charge in [0.25, 0.3) is 0 Å². The van der Waals surface area contributed by atoms with Crippen molar-refractivity contribution in [3.8, 4) is 0 Å². The van der Waals surface area contributed by atoms with Crippen LogP contribution in [-0.2, 0) is 10.0 Å². The van der Waals surface area contributed by atoms with Crippen LogP contribution >= 0.6 is 11.6 Å². The molecule has 71 valence electrons. The summed E-state index contributed by atoms with van der Waals surface area (Å²) in [6.07, 6.45) is 1.10. The van der Waals surface area contributed by atoms with Crippen molar-refractivity contribution < 1.29 is 8.42 Å². The molecule has 1 aromatic rings. The molecule has 0 bridgehead atoms. The summed E-state index contributed by atoms with van der Waals surface area (Å²) in [5, 5.41) is 0.146. The molecule has 1 radical (unpaired) electrons. The number of nitrogens with zero attached hydrogens (tertiary/aromatic N) is 2. The maximum Gasteiger partial charge on any atom is 0.233 e. The van der Waals surface area contributed by atoms with E-state index in [1.165, 1.54) is 19.2 Å². The standard InChI is InChI=1S/C7H8ClN2O2S/c1-10(13(2,11)12)7-5-3-4-6(8)9-7/h3,5H,1-2H3. The zero-order chi connectivity index (χ0) is 10.1. The molecule has 0 saturated heterocycles. The van der Waals surface area contributed by atoms with Crippen molar-refractivity contribution in [1.29, 1.82) is 0 Å². The van der Waals surface area contributed by atoms with E-state index in [4.69, 9.17) is 11.6 Å². The van der Waals surface area contributed by atoms with Crippen LogP contribution in [0, 0.1) is 6.07 Å². The molecule has 0 N–H and O–H groups in total. The lowest BCUT2D eigenvalue weighted by atomic mass is 10.5. The van der Waals surface area contributed by atoms with Gasteiger partial charge in [-0.05, 0) is 12.1 Å². The van der Waals surface area contributed by atoms with E-state index in [0.717, 1.165) is 10.6 Å². The Labute approximate surface area is 82.2 Å². The van der Waals surface area contributed by atoms with E-state index in [1.54, 1.807) is 0 Å². The predicted molar refractivity (Wildman–Crippen MR) is 51.3 cm³/mol. The Balaban J connectivity index is 3.10. The van der Waals surface area contributed by atoms with Crippen LogP contribution in [0.2, 0.25) is 5.15 Å². The first-order valence-electron chi connectivity index (χ1n) is 3.39. The number of rotatable bonds is 2. The van der Waals surface area contributed by atoms with E-state index >= 15 is 0 Å². The molecule has 4 nitrogen and oxygen atoms in total. The molecule has 0 fully saturated rings. The molecule has 1 heterocycles. The summed E-state index contributed by atoms with van der Waals surface area (Å²) >= 11 is 5.55. The fourth-order valence-corrected chi connectivity index (χ4v) is 1.29. The van der Waals surface area contributed by atoms with Gasteiger partial charge in [0.2, 0.25) is 10.0 Å². The number of hydrogen-bond donors (Lipinski definition) is 0. The molecule has 13 heavy (non-hydrogen) atoms. The molecule has 0 aromatic carbocycles. The molecule has 0 saturated carbocycles. The fraction of sp³-hybridized carbons (Fsp3) is 0.286. The maximum atomic E-state index is 11.1. The number of halogens is 1. The van der Waals surface area contributed by atoms with Gasteiger partial charge in [-0.25, -0.2) is 13.4 Å². The van der Waals surface area contributed by atoms with Crippen LogP contribution in [-0.4, -0.2) is 26.7 Å². The zero-order valence-electron chi connectivity index (χ0n) is 7.15. The van der Waals surface area contributed by atoms with Gasteiger partial charge in [-0.3, -0.25) is 4.31 Å². The van der Waals surface area contributed by atoms with Gasteiger partial charge in [-0.1, -0.05) is 11.6 Å². The first kappa shape index (κ1) is 10.3. The minimum Gasteiger partial charge on any atom is -0.257 e. The van der Waals surface area contributed by atoms with Gasteiger partial charge in [0, 0.05) is 13.1 Å². The topological polar surface area (TPSA) is 50.3 Å². The second-order valence-corrected chi connectivity index (χ2v) is 4.84. The van der Waals surface area contributed by atoms with E-state index in [-0.39, 0.29) is 11.0 Å². The molecule has 1 rings (SSSR count). The normalized spacial score (nSPS) is 11.3. The number of pyridine rings is 1. The molecule has 0 unspecified atom stereocenters. The Bertz CT molecular complexity index is 405. The molecule has 0 aliphatic heterocycles. The van der Waals surface area contributed by atoms with Crippen LogP contribution in [0.4, 0.5) is 5.82 Å². The third-order valence-corrected chi connectivity index (χ3v) is 2.84. The van der Waals surface area contributed by atoms with E-state index in [9.17, 15) is 8.42 Å². The van der Waals surface area contributed by atoms with Crippen LogP contribution in [0.5, 0.6) is 0 Å². The Morgan fingerprint density at radius 1 is 1.62 bits per heavy atom. The monoisotopic (exact) mass is 219 g/mol. The van der Waals surface area contributed by atoms with Gasteiger partial charge in [-0.2, -0.15) is 0 Å². The van der Waals surface area contributed by atoms with Crippen molar-refractivity contribution in [2.24, 2.45) is 0 Å². The van der Waals surface area contributed by atoms with E-state index in [0.29, 0.717) is 0 Å². The minimum atomic E-state index is -3.27. The van der Waals surface area contributed by atoms with E-state index < -0.39 is 10.0 Å². The molecule has 0 aliphatic carbocycles. The zero-order valence-corrected chi connectivity index (χ0v) is 8.72. The lowest BCUT2D eigenvalue weighted by molar-refractivity contribution is 0.600. The summed E-state index contributed by atoms with van der Waals surface area (Å²) in [5.74, 6) is 0.284. The summed E-state index contributed by atoms with van der Waals surface area (Å²) in [6, 6.07) is 5.65. The Hall–Kier alpha value is -0.810. The summed E-state index contributed by atoms with van der Waals surface area (Å²) in [5.41, 5.74) is 0. The SMILES string of the molecule is CN(c1cc[c]c(Cl)n1)S(C)(=O)=O. The molecule has 0 aliphatic rings. The number of sulfonamides is 1. The molecule has 0 spiro atoms. The molecular formula is C7H8ClN2O2S. The highest BCUT2D eigenvalue weighted by atomic mass is 35.5. The van der Waals surface area contributed by atoms with Crippen molar-refractivity contribution in [3.63, 3.8) is 0 Å². The van der Waals surface area contributed by atoms with Crippen molar-refractivity contribution in [2.45, 2.75) is 0 Å². The van der Waals surface area contributed by atoms with Crippen LogP contribution in [0.1, 0.15) is 0 Å². The summed E-state index contributed by atoms with van der Waals surface area (Å²) in [7, 11) is -1.86. The van der Waals surface area contributed by atoms with Crippen molar-refractivity contribution in [1.82, 2.24) is 4.98 Å². The van der Waals surface area contributed by atoms with Gasteiger partial charge >= 0.3 is 0 Å². The quantitative estimate of drug-likeness (QED) is 0.696. The smallest absolute Gasteiger partial charge is 0.233 e. The second kappa shape index (κ2) is 3.51. The predicted octanol–water partition coefficient (Wildman–Crippen LogP) is 0.931. The van der Waals surface area contributed by atoms with E-state index in [1.807, 2.05) is 0 Å². The average Bonchev–Trinajstić information content (AvgIpc) is 2.01. The first-order valence-corrected chi connectivity index (χ1v) is 5.62. The lowest BCUT2D eigenvalue weighted by Gasteiger charge is -2.14. The fourth-order valence-electron chi connectivity index (χ4n) is 0.700. The van der Waals surface area contributed by atoms with Gasteiger partial charge < -0.3 is 0 Å². The number of hydrogen-bond acceptors (Lipinski definition) is 3. The summed E-state index contributed by atoms with van der Waals surface area (Å²) < 4.78 is 23.2. The third kappa shape index (κ3) is 2.57. The Kier molecular flexibility index (Phi) is 2.77. The molecule has 6 heteroatoms. The third-order valence-electron chi connectivity index (χ3n) is 1.47. The van der Waals surface area contributed by atoms with Crippen LogP contribution in [0.25, 0.3) is 0 Å². The molecular weight excluding hydrogens is 212 g/mol. The van der Waals surface area contributed by atoms with E-state index in [2.05, 4.69) is 11.1 Å². The largest absolute Gasteiger partial charge is 0.257 e. The van der Waals surface area contributed by atoms with Crippen molar-refractivity contribution in [3.05, 3.63) is 23.4 Å². The number of anilines is 1. The summed E-state index contributed by atoms with van der Waals surface area (Å²) in [6.45, 7) is 0. The Morgan fingerprint density at radius 3 is 2.69 bits per heavy atom. The van der Waals surface area contributed by atoms with Crippen LogP contribution in [0.15, 0.2) is 12.1 Å². The van der Waals surface area contributed by atoms with Gasteiger partial charge in [0.05, 0.1) is 6.26 Å². The van der Waals surface area contributed by atoms with Gasteiger partial charge in [-0.15, -0.1) is 0 Å².